The van der Waals surface area contributed by atoms with Gasteiger partial charge in [-0.3, -0.25) is 9.59 Å². The van der Waals surface area contributed by atoms with Gasteiger partial charge in [0.1, 0.15) is 6.54 Å². The first-order chi connectivity index (χ1) is 15.2. The maximum Gasteiger partial charge on any atom is 0.267 e. The van der Waals surface area contributed by atoms with Crippen LogP contribution in [-0.4, -0.2) is 39.0 Å². The minimum Gasteiger partial charge on any atom is -0.355 e. The maximum atomic E-state index is 12.4. The third-order valence-corrected chi connectivity index (χ3v) is 5.72. The molecule has 0 unspecified atom stereocenters. The highest BCUT2D eigenvalue weighted by molar-refractivity contribution is 5.90. The Morgan fingerprint density at radius 1 is 0.968 bits per heavy atom. The Morgan fingerprint density at radius 3 is 2.42 bits per heavy atom. The molecule has 2 aliphatic rings. The summed E-state index contributed by atoms with van der Waals surface area (Å²) in [5, 5.41) is 15.9. The van der Waals surface area contributed by atoms with Gasteiger partial charge in [0.15, 0.2) is 5.82 Å². The largest absolute Gasteiger partial charge is 0.355 e. The van der Waals surface area contributed by atoms with Crippen LogP contribution in [0.25, 0.3) is 11.3 Å². The number of aromatic nitrogens is 4. The molecule has 3 aromatic rings. The second kappa shape index (κ2) is 8.29. The molecule has 1 aromatic carbocycles. The summed E-state index contributed by atoms with van der Waals surface area (Å²) in [7, 11) is 0. The van der Waals surface area contributed by atoms with Gasteiger partial charge in [0.25, 0.3) is 5.56 Å². The Kier molecular flexibility index (Phi) is 5.19. The van der Waals surface area contributed by atoms with E-state index in [2.05, 4.69) is 25.5 Å². The topological polar surface area (TPSA) is 93.0 Å². The van der Waals surface area contributed by atoms with Crippen LogP contribution in [0.2, 0.25) is 0 Å². The molecule has 0 spiro atoms. The van der Waals surface area contributed by atoms with Crippen molar-refractivity contribution in [2.24, 2.45) is 0 Å². The predicted molar refractivity (Wildman–Crippen MR) is 118 cm³/mol. The van der Waals surface area contributed by atoms with Gasteiger partial charge in [-0.1, -0.05) is 12.1 Å². The van der Waals surface area contributed by atoms with Crippen molar-refractivity contribution in [1.82, 2.24) is 20.0 Å². The number of benzene rings is 1. The number of hydrogen-bond donors (Lipinski definition) is 1. The second-order valence-corrected chi connectivity index (χ2v) is 8.12. The third-order valence-electron chi connectivity index (χ3n) is 5.72. The lowest BCUT2D eigenvalue weighted by atomic mass is 10.1. The molecule has 1 N–H and O–H groups in total. The van der Waals surface area contributed by atoms with Crippen LogP contribution in [0.5, 0.6) is 0 Å². The van der Waals surface area contributed by atoms with E-state index < -0.39 is 0 Å². The summed E-state index contributed by atoms with van der Waals surface area (Å²) in [6.45, 7) is 1.97. The minimum absolute atomic E-state index is 0.107. The number of hydrogen-bond acceptors (Lipinski definition) is 6. The number of anilines is 2. The monoisotopic (exact) mass is 416 g/mol. The molecule has 0 radical (unpaired) electrons. The van der Waals surface area contributed by atoms with Crippen LogP contribution < -0.4 is 15.8 Å². The molecular weight excluding hydrogens is 392 g/mol. The molecule has 0 atom stereocenters. The van der Waals surface area contributed by atoms with Crippen molar-refractivity contribution < 1.29 is 4.79 Å². The number of carbonyl (C=O) groups excluding carboxylic acids is 1. The smallest absolute Gasteiger partial charge is 0.267 e. The van der Waals surface area contributed by atoms with Gasteiger partial charge < -0.3 is 10.2 Å². The third kappa shape index (κ3) is 4.47. The van der Waals surface area contributed by atoms with Crippen molar-refractivity contribution in [3.63, 3.8) is 0 Å². The number of rotatable bonds is 6. The van der Waals surface area contributed by atoms with Crippen molar-refractivity contribution in [1.29, 1.82) is 0 Å². The molecule has 1 aliphatic carbocycles. The molecule has 5 rings (SSSR count). The van der Waals surface area contributed by atoms with Crippen molar-refractivity contribution in [3.8, 4) is 11.3 Å². The summed E-state index contributed by atoms with van der Waals surface area (Å²) in [6, 6.07) is 14.6. The fourth-order valence-corrected chi connectivity index (χ4v) is 3.83. The summed E-state index contributed by atoms with van der Waals surface area (Å²) in [6.07, 6.45) is 4.59. The highest BCUT2D eigenvalue weighted by Gasteiger charge is 2.25. The van der Waals surface area contributed by atoms with Gasteiger partial charge >= 0.3 is 0 Å². The fraction of sp³-hybridized carbons (Fsp3) is 0.348. The highest BCUT2D eigenvalue weighted by atomic mass is 16.2. The first kappa shape index (κ1) is 19.4. The Morgan fingerprint density at radius 2 is 1.74 bits per heavy atom. The fourth-order valence-electron chi connectivity index (χ4n) is 3.83. The molecule has 1 saturated carbocycles. The van der Waals surface area contributed by atoms with Crippen molar-refractivity contribution in [2.75, 3.05) is 23.3 Å². The molecule has 158 valence electrons. The quantitative estimate of drug-likeness (QED) is 0.664. The SMILES string of the molecule is O=C(Cn1nc(C2CC2)ccc1=O)Nc1ccc(-c2ccc(N3CCCC3)nn2)cc1. The summed E-state index contributed by atoms with van der Waals surface area (Å²) in [4.78, 5) is 26.7. The van der Waals surface area contributed by atoms with Crippen LogP contribution in [0.15, 0.2) is 53.3 Å². The number of amides is 1. The zero-order chi connectivity index (χ0) is 21.2. The van der Waals surface area contributed by atoms with Crippen LogP contribution in [-0.2, 0) is 11.3 Å². The van der Waals surface area contributed by atoms with E-state index in [9.17, 15) is 9.59 Å². The van der Waals surface area contributed by atoms with E-state index in [-0.39, 0.29) is 18.0 Å². The Hall–Kier alpha value is -3.55. The molecule has 8 heteroatoms. The molecule has 2 fully saturated rings. The van der Waals surface area contributed by atoms with Crippen LogP contribution in [0.3, 0.4) is 0 Å². The highest BCUT2D eigenvalue weighted by Crippen LogP contribution is 2.38. The number of nitrogens with one attached hydrogen (secondary N) is 1. The van der Waals surface area contributed by atoms with Crippen molar-refractivity contribution in [3.05, 3.63) is 64.6 Å². The van der Waals surface area contributed by atoms with Gasteiger partial charge in [-0.2, -0.15) is 5.10 Å². The van der Waals surface area contributed by atoms with E-state index in [1.807, 2.05) is 36.4 Å². The van der Waals surface area contributed by atoms with E-state index >= 15 is 0 Å². The van der Waals surface area contributed by atoms with Gasteiger partial charge in [-0.25, -0.2) is 4.68 Å². The van der Waals surface area contributed by atoms with Crippen LogP contribution in [0.1, 0.15) is 37.3 Å². The van der Waals surface area contributed by atoms with Crippen LogP contribution in [0, 0.1) is 0 Å². The lowest BCUT2D eigenvalue weighted by Gasteiger charge is -2.15. The average molecular weight is 416 g/mol. The molecule has 1 aliphatic heterocycles. The lowest BCUT2D eigenvalue weighted by Crippen LogP contribution is -2.29. The molecule has 2 aromatic heterocycles. The van der Waals surface area contributed by atoms with E-state index in [1.54, 1.807) is 6.07 Å². The van der Waals surface area contributed by atoms with E-state index in [0.717, 1.165) is 48.7 Å². The second-order valence-electron chi connectivity index (χ2n) is 8.12. The Balaban J connectivity index is 1.22. The first-order valence-electron chi connectivity index (χ1n) is 10.7. The maximum absolute atomic E-state index is 12.4. The molecule has 8 nitrogen and oxygen atoms in total. The van der Waals surface area contributed by atoms with Gasteiger partial charge in [-0.15, -0.1) is 10.2 Å². The summed E-state index contributed by atoms with van der Waals surface area (Å²) < 4.78 is 1.23. The summed E-state index contributed by atoms with van der Waals surface area (Å²) in [5.74, 6) is 1.06. The van der Waals surface area contributed by atoms with Gasteiger partial charge in [0, 0.05) is 36.3 Å². The summed E-state index contributed by atoms with van der Waals surface area (Å²) in [5.41, 5.74) is 2.98. The standard InChI is InChI=1S/C23H24N6O2/c30-22(15-29-23(31)12-10-20(27-29)17-3-4-17)24-18-7-5-16(6-8-18)19-9-11-21(26-25-19)28-13-1-2-14-28/h5-12,17H,1-4,13-15H2,(H,24,30). The van der Waals surface area contributed by atoms with E-state index in [1.165, 1.54) is 23.6 Å². The summed E-state index contributed by atoms with van der Waals surface area (Å²) >= 11 is 0. The van der Waals surface area contributed by atoms with Crippen LogP contribution in [0.4, 0.5) is 11.5 Å². The van der Waals surface area contributed by atoms with Crippen LogP contribution >= 0.6 is 0 Å². The minimum atomic E-state index is -0.287. The van der Waals surface area contributed by atoms with Gasteiger partial charge in [0.2, 0.25) is 5.91 Å². The molecule has 0 bridgehead atoms. The zero-order valence-electron chi connectivity index (χ0n) is 17.2. The van der Waals surface area contributed by atoms with Gasteiger partial charge in [-0.05, 0) is 56.0 Å². The first-order valence-corrected chi connectivity index (χ1v) is 10.7. The number of carbonyl (C=O) groups is 1. The lowest BCUT2D eigenvalue weighted by molar-refractivity contribution is -0.117. The predicted octanol–water partition coefficient (Wildman–Crippen LogP) is 2.82. The molecule has 1 saturated heterocycles. The molecular formula is C23H24N6O2. The van der Waals surface area contributed by atoms with Crippen molar-refractivity contribution in [2.45, 2.75) is 38.1 Å². The Labute approximate surface area is 179 Å². The molecule has 1 amide bonds. The molecule has 31 heavy (non-hydrogen) atoms. The molecule has 3 heterocycles. The average Bonchev–Trinajstić information content (AvgIpc) is 3.49. The van der Waals surface area contributed by atoms with E-state index in [4.69, 9.17) is 0 Å². The van der Waals surface area contributed by atoms with Crippen molar-refractivity contribution >= 4 is 17.4 Å². The zero-order valence-corrected chi connectivity index (χ0v) is 17.2. The Bertz CT molecular complexity index is 1130. The van der Waals surface area contributed by atoms with E-state index in [0.29, 0.717) is 11.6 Å². The number of nitrogens with zero attached hydrogens (tertiary/aromatic N) is 5. The normalized spacial score (nSPS) is 15.8. The van der Waals surface area contributed by atoms with Gasteiger partial charge in [0.05, 0.1) is 11.4 Å².